The van der Waals surface area contributed by atoms with Gasteiger partial charge in [0.15, 0.2) is 17.0 Å². The monoisotopic (exact) mass is 438 g/mol. The predicted octanol–water partition coefficient (Wildman–Crippen LogP) is 3.42. The molecule has 0 unspecified atom stereocenters. The number of anilines is 1. The Hall–Kier alpha value is -3.30. The third-order valence-corrected chi connectivity index (χ3v) is 5.59. The summed E-state index contributed by atoms with van der Waals surface area (Å²) >= 11 is 0. The number of hydrogen-bond acceptors (Lipinski definition) is 8. The van der Waals surface area contributed by atoms with E-state index in [2.05, 4.69) is 25.3 Å². The molecule has 0 radical (unpaired) electrons. The van der Waals surface area contributed by atoms with Crippen molar-refractivity contribution in [3.63, 3.8) is 0 Å². The standard InChI is InChI=1S/C22H30N8O2/c1-7-29-19(15-10-23-14(3)24-11-15)28-17-18(25-12-26-20(17)29)27-16-8-9-30(13(16)2)21(31)32-22(4,5)6/h10-13,16H,7-9H2,1-6H3,(H,25,26,27)/t13-,16+/m1/s1. The number of likely N-dealkylation sites (tertiary alicyclic amines) is 1. The molecular weight excluding hydrogens is 408 g/mol. The molecule has 10 heteroatoms. The first-order valence-electron chi connectivity index (χ1n) is 10.9. The van der Waals surface area contributed by atoms with Gasteiger partial charge in [-0.15, -0.1) is 0 Å². The van der Waals surface area contributed by atoms with Crippen LogP contribution in [-0.2, 0) is 11.3 Å². The number of ether oxygens (including phenoxy) is 1. The smallest absolute Gasteiger partial charge is 0.410 e. The number of aryl methyl sites for hydroxylation is 2. The summed E-state index contributed by atoms with van der Waals surface area (Å²) in [4.78, 5) is 36.7. The van der Waals surface area contributed by atoms with E-state index in [1.165, 1.54) is 0 Å². The van der Waals surface area contributed by atoms with Crippen molar-refractivity contribution in [2.24, 2.45) is 0 Å². The summed E-state index contributed by atoms with van der Waals surface area (Å²) in [6, 6.07) is -0.0216. The summed E-state index contributed by atoms with van der Waals surface area (Å²) in [5.41, 5.74) is 1.74. The van der Waals surface area contributed by atoms with Crippen LogP contribution in [0.25, 0.3) is 22.6 Å². The number of imidazole rings is 1. The molecule has 32 heavy (non-hydrogen) atoms. The molecule has 3 aromatic heterocycles. The fraction of sp³-hybridized carbons (Fsp3) is 0.545. The molecule has 3 aromatic rings. The highest BCUT2D eigenvalue weighted by Crippen LogP contribution is 2.29. The van der Waals surface area contributed by atoms with Crippen molar-refractivity contribution in [3.05, 3.63) is 24.5 Å². The van der Waals surface area contributed by atoms with Crippen LogP contribution in [0.2, 0.25) is 0 Å². The number of fused-ring (bicyclic) bond motifs is 1. The average molecular weight is 439 g/mol. The second-order valence-corrected chi connectivity index (χ2v) is 9.05. The van der Waals surface area contributed by atoms with E-state index >= 15 is 0 Å². The van der Waals surface area contributed by atoms with Crippen LogP contribution in [0.15, 0.2) is 18.7 Å². The highest BCUT2D eigenvalue weighted by Gasteiger charge is 2.36. The number of hydrogen-bond donors (Lipinski definition) is 1. The largest absolute Gasteiger partial charge is 0.444 e. The molecule has 4 rings (SSSR count). The van der Waals surface area contributed by atoms with Crippen LogP contribution in [0.5, 0.6) is 0 Å². The molecule has 4 heterocycles. The van der Waals surface area contributed by atoms with Crippen molar-refractivity contribution < 1.29 is 9.53 Å². The van der Waals surface area contributed by atoms with Gasteiger partial charge < -0.3 is 19.5 Å². The Morgan fingerprint density at radius 2 is 1.94 bits per heavy atom. The number of amides is 1. The van der Waals surface area contributed by atoms with Crippen molar-refractivity contribution in [1.82, 2.24) is 34.4 Å². The van der Waals surface area contributed by atoms with Gasteiger partial charge in [-0.05, 0) is 48.0 Å². The highest BCUT2D eigenvalue weighted by atomic mass is 16.6. The van der Waals surface area contributed by atoms with Crippen LogP contribution < -0.4 is 5.32 Å². The normalized spacial score (nSPS) is 18.9. The van der Waals surface area contributed by atoms with Crippen molar-refractivity contribution in [2.75, 3.05) is 11.9 Å². The summed E-state index contributed by atoms with van der Waals surface area (Å²) < 4.78 is 7.59. The number of carbonyl (C=O) groups is 1. The molecule has 1 saturated heterocycles. The van der Waals surface area contributed by atoms with Crippen molar-refractivity contribution in [1.29, 1.82) is 0 Å². The molecule has 0 bridgehead atoms. The zero-order valence-electron chi connectivity index (χ0n) is 19.5. The number of nitrogens with zero attached hydrogens (tertiary/aromatic N) is 7. The van der Waals surface area contributed by atoms with Crippen LogP contribution in [0, 0.1) is 6.92 Å². The summed E-state index contributed by atoms with van der Waals surface area (Å²) in [5, 5.41) is 3.50. The van der Waals surface area contributed by atoms with E-state index in [9.17, 15) is 4.79 Å². The average Bonchev–Trinajstić information content (AvgIpc) is 3.28. The quantitative estimate of drug-likeness (QED) is 0.660. The lowest BCUT2D eigenvalue weighted by Gasteiger charge is -2.28. The van der Waals surface area contributed by atoms with Gasteiger partial charge in [0.25, 0.3) is 0 Å². The van der Waals surface area contributed by atoms with Gasteiger partial charge in [-0.2, -0.15) is 0 Å². The van der Waals surface area contributed by atoms with Gasteiger partial charge in [-0.25, -0.2) is 29.7 Å². The van der Waals surface area contributed by atoms with Gasteiger partial charge in [0.1, 0.15) is 23.6 Å². The minimum absolute atomic E-state index is 0.0264. The molecule has 1 amide bonds. The molecule has 170 valence electrons. The van der Waals surface area contributed by atoms with Crippen LogP contribution in [0.3, 0.4) is 0 Å². The van der Waals surface area contributed by atoms with Gasteiger partial charge in [0.05, 0.1) is 11.6 Å². The number of aromatic nitrogens is 6. The molecule has 0 aromatic carbocycles. The van der Waals surface area contributed by atoms with Gasteiger partial charge in [-0.1, -0.05) is 0 Å². The Morgan fingerprint density at radius 1 is 1.22 bits per heavy atom. The maximum Gasteiger partial charge on any atom is 0.410 e. The first kappa shape index (κ1) is 21.9. The van der Waals surface area contributed by atoms with Crippen molar-refractivity contribution in [2.45, 2.75) is 72.2 Å². The molecular formula is C22H30N8O2. The Kier molecular flexibility index (Phi) is 5.70. The van der Waals surface area contributed by atoms with E-state index in [0.717, 1.165) is 23.5 Å². The molecule has 1 N–H and O–H groups in total. The van der Waals surface area contributed by atoms with E-state index < -0.39 is 5.60 Å². The molecule has 1 aliphatic heterocycles. The first-order valence-corrected chi connectivity index (χ1v) is 10.9. The highest BCUT2D eigenvalue weighted by molar-refractivity contribution is 5.86. The number of nitrogens with one attached hydrogen (secondary N) is 1. The third-order valence-electron chi connectivity index (χ3n) is 5.59. The van der Waals surface area contributed by atoms with Crippen LogP contribution in [-0.4, -0.2) is 64.7 Å². The number of rotatable bonds is 4. The summed E-state index contributed by atoms with van der Waals surface area (Å²) in [6.07, 6.45) is 5.58. The topological polar surface area (TPSA) is 111 Å². The fourth-order valence-electron chi connectivity index (χ4n) is 3.96. The van der Waals surface area contributed by atoms with Crippen LogP contribution in [0.1, 0.15) is 46.9 Å². The zero-order valence-corrected chi connectivity index (χ0v) is 19.5. The van der Waals surface area contributed by atoms with E-state index in [1.54, 1.807) is 23.6 Å². The lowest BCUT2D eigenvalue weighted by Crippen LogP contribution is -2.42. The Bertz CT molecular complexity index is 1120. The lowest BCUT2D eigenvalue weighted by molar-refractivity contribution is 0.0236. The molecule has 0 spiro atoms. The maximum absolute atomic E-state index is 12.6. The minimum Gasteiger partial charge on any atom is -0.444 e. The summed E-state index contributed by atoms with van der Waals surface area (Å²) in [6.45, 7) is 12.9. The van der Waals surface area contributed by atoms with E-state index in [0.29, 0.717) is 30.2 Å². The second kappa shape index (κ2) is 8.33. The lowest BCUT2D eigenvalue weighted by atomic mass is 10.1. The van der Waals surface area contributed by atoms with Gasteiger partial charge in [0, 0.05) is 31.5 Å². The Morgan fingerprint density at radius 3 is 2.59 bits per heavy atom. The molecule has 1 fully saturated rings. The second-order valence-electron chi connectivity index (χ2n) is 9.05. The first-order chi connectivity index (χ1) is 15.2. The number of carbonyl (C=O) groups excluding carboxylic acids is 1. The molecule has 0 aliphatic carbocycles. The van der Waals surface area contributed by atoms with Gasteiger partial charge >= 0.3 is 6.09 Å². The Labute approximate surface area is 187 Å². The molecule has 10 nitrogen and oxygen atoms in total. The van der Waals surface area contributed by atoms with Crippen LogP contribution >= 0.6 is 0 Å². The molecule has 2 atom stereocenters. The third kappa shape index (κ3) is 4.21. The maximum atomic E-state index is 12.6. The Balaban J connectivity index is 1.62. The van der Waals surface area contributed by atoms with Crippen LogP contribution in [0.4, 0.5) is 10.6 Å². The van der Waals surface area contributed by atoms with E-state index in [-0.39, 0.29) is 18.2 Å². The van der Waals surface area contributed by atoms with Gasteiger partial charge in [0.2, 0.25) is 0 Å². The zero-order chi connectivity index (χ0) is 23.0. The SMILES string of the molecule is CCn1c(-c2cnc(C)nc2)nc2c(N[C@H]3CCN(C(=O)OC(C)(C)C)[C@@H]3C)ncnc21. The fourth-order valence-corrected chi connectivity index (χ4v) is 3.96. The van der Waals surface area contributed by atoms with E-state index in [1.807, 2.05) is 46.1 Å². The van der Waals surface area contributed by atoms with Gasteiger partial charge in [-0.3, -0.25) is 0 Å². The molecule has 1 aliphatic rings. The summed E-state index contributed by atoms with van der Waals surface area (Å²) in [5.74, 6) is 2.11. The molecule has 0 saturated carbocycles. The minimum atomic E-state index is -0.524. The van der Waals surface area contributed by atoms with E-state index in [4.69, 9.17) is 9.72 Å². The predicted molar refractivity (Wildman–Crippen MR) is 121 cm³/mol. The van der Waals surface area contributed by atoms with Crippen molar-refractivity contribution in [3.8, 4) is 11.4 Å². The van der Waals surface area contributed by atoms with Crippen molar-refractivity contribution >= 4 is 23.1 Å². The summed E-state index contributed by atoms with van der Waals surface area (Å²) in [7, 11) is 0.